The van der Waals surface area contributed by atoms with E-state index >= 15 is 0 Å². The van der Waals surface area contributed by atoms with Gasteiger partial charge in [-0.25, -0.2) is 0 Å². The molecule has 84 valence electrons. The van der Waals surface area contributed by atoms with E-state index in [1.807, 2.05) is 48.5 Å². The summed E-state index contributed by atoms with van der Waals surface area (Å²) in [5.74, 6) is 7.07. The van der Waals surface area contributed by atoms with Crippen LogP contribution in [0.5, 0.6) is 5.75 Å². The highest BCUT2D eigenvalue weighted by molar-refractivity contribution is 9.10. The molecule has 0 spiro atoms. The molecule has 0 unspecified atom stereocenters. The largest absolute Gasteiger partial charge is 0.497 e. The van der Waals surface area contributed by atoms with Crippen LogP contribution in [0, 0.1) is 11.8 Å². The van der Waals surface area contributed by atoms with Crippen molar-refractivity contribution in [1.82, 2.24) is 0 Å². The summed E-state index contributed by atoms with van der Waals surface area (Å²) < 4.78 is 6.16. The second kappa shape index (κ2) is 5.56. The van der Waals surface area contributed by atoms with Crippen LogP contribution in [-0.2, 0) is 0 Å². The molecule has 0 aliphatic heterocycles. The molecule has 0 radical (unpaired) electrons. The van der Waals surface area contributed by atoms with Gasteiger partial charge in [0.1, 0.15) is 5.75 Å². The molecular formula is C15H11BrO. The van der Waals surface area contributed by atoms with E-state index in [1.54, 1.807) is 7.11 Å². The molecule has 0 atom stereocenters. The lowest BCUT2D eigenvalue weighted by molar-refractivity contribution is 0.414. The fourth-order valence-electron chi connectivity index (χ4n) is 1.40. The van der Waals surface area contributed by atoms with Crippen molar-refractivity contribution in [2.24, 2.45) is 0 Å². The molecule has 0 amide bonds. The zero-order chi connectivity index (χ0) is 12.1. The van der Waals surface area contributed by atoms with Gasteiger partial charge >= 0.3 is 0 Å². The van der Waals surface area contributed by atoms with E-state index in [9.17, 15) is 0 Å². The molecule has 2 rings (SSSR count). The van der Waals surface area contributed by atoms with Crippen molar-refractivity contribution in [3.63, 3.8) is 0 Å². The van der Waals surface area contributed by atoms with Gasteiger partial charge in [-0.2, -0.15) is 0 Å². The van der Waals surface area contributed by atoms with Gasteiger partial charge in [-0.05, 0) is 46.3 Å². The van der Waals surface area contributed by atoms with Gasteiger partial charge in [0.25, 0.3) is 0 Å². The zero-order valence-corrected chi connectivity index (χ0v) is 11.0. The number of halogens is 1. The topological polar surface area (TPSA) is 9.23 Å². The maximum atomic E-state index is 5.15. The Labute approximate surface area is 110 Å². The van der Waals surface area contributed by atoms with Crippen LogP contribution in [-0.4, -0.2) is 7.11 Å². The molecule has 17 heavy (non-hydrogen) atoms. The lowest BCUT2D eigenvalue weighted by atomic mass is 10.2. The van der Waals surface area contributed by atoms with Gasteiger partial charge in [0.2, 0.25) is 0 Å². The summed E-state index contributed by atoms with van der Waals surface area (Å²) in [6.45, 7) is 0. The number of methoxy groups -OCH3 is 1. The van der Waals surface area contributed by atoms with Gasteiger partial charge in [0, 0.05) is 15.6 Å². The molecule has 0 aromatic heterocycles. The Morgan fingerprint density at radius 1 is 1.00 bits per heavy atom. The maximum absolute atomic E-state index is 5.15. The van der Waals surface area contributed by atoms with Crippen molar-refractivity contribution >= 4 is 15.9 Å². The fraction of sp³-hybridized carbons (Fsp3) is 0.0667. The van der Waals surface area contributed by atoms with E-state index < -0.39 is 0 Å². The third-order valence-electron chi connectivity index (χ3n) is 2.29. The minimum atomic E-state index is 0.823. The summed E-state index contributed by atoms with van der Waals surface area (Å²) in [6.07, 6.45) is 0. The second-order valence-electron chi connectivity index (χ2n) is 3.46. The SMILES string of the molecule is COc1cccc(C#Cc2ccccc2Br)c1. The summed E-state index contributed by atoms with van der Waals surface area (Å²) in [4.78, 5) is 0. The van der Waals surface area contributed by atoms with Crippen LogP contribution in [0.3, 0.4) is 0 Å². The summed E-state index contributed by atoms with van der Waals surface area (Å²) in [6, 6.07) is 15.6. The van der Waals surface area contributed by atoms with E-state index in [-0.39, 0.29) is 0 Å². The summed E-state index contributed by atoms with van der Waals surface area (Å²) in [5.41, 5.74) is 1.93. The van der Waals surface area contributed by atoms with Gasteiger partial charge in [-0.3, -0.25) is 0 Å². The molecular weight excluding hydrogens is 276 g/mol. The van der Waals surface area contributed by atoms with Crippen molar-refractivity contribution in [2.45, 2.75) is 0 Å². The minimum absolute atomic E-state index is 0.823. The highest BCUT2D eigenvalue weighted by Gasteiger charge is 1.94. The average molecular weight is 287 g/mol. The Hall–Kier alpha value is -1.72. The smallest absolute Gasteiger partial charge is 0.120 e. The minimum Gasteiger partial charge on any atom is -0.497 e. The van der Waals surface area contributed by atoms with Crippen molar-refractivity contribution in [2.75, 3.05) is 7.11 Å². The Kier molecular flexibility index (Phi) is 3.85. The van der Waals surface area contributed by atoms with Crippen molar-refractivity contribution in [3.05, 3.63) is 64.1 Å². The van der Waals surface area contributed by atoms with E-state index in [2.05, 4.69) is 27.8 Å². The van der Waals surface area contributed by atoms with Crippen molar-refractivity contribution in [1.29, 1.82) is 0 Å². The molecule has 0 aliphatic rings. The van der Waals surface area contributed by atoms with Gasteiger partial charge in [-0.1, -0.05) is 30.0 Å². The second-order valence-corrected chi connectivity index (χ2v) is 4.32. The Bertz CT molecular complexity index is 579. The van der Waals surface area contributed by atoms with Crippen LogP contribution >= 0.6 is 15.9 Å². The quantitative estimate of drug-likeness (QED) is 0.724. The number of hydrogen-bond donors (Lipinski definition) is 0. The first kappa shape index (κ1) is 11.8. The summed E-state index contributed by atoms with van der Waals surface area (Å²) >= 11 is 3.47. The molecule has 1 nitrogen and oxygen atoms in total. The maximum Gasteiger partial charge on any atom is 0.120 e. The first-order valence-electron chi connectivity index (χ1n) is 5.20. The van der Waals surface area contributed by atoms with Crippen LogP contribution in [0.1, 0.15) is 11.1 Å². The van der Waals surface area contributed by atoms with Crippen LogP contribution in [0.15, 0.2) is 53.0 Å². The molecule has 0 N–H and O–H groups in total. The van der Waals surface area contributed by atoms with Crippen LogP contribution in [0.25, 0.3) is 0 Å². The summed E-state index contributed by atoms with van der Waals surface area (Å²) in [7, 11) is 1.65. The van der Waals surface area contributed by atoms with E-state index in [0.717, 1.165) is 21.3 Å². The molecule has 0 bridgehead atoms. The fourth-order valence-corrected chi connectivity index (χ4v) is 1.79. The number of rotatable bonds is 1. The predicted octanol–water partition coefficient (Wildman–Crippen LogP) is 3.86. The number of benzene rings is 2. The van der Waals surface area contributed by atoms with Crippen molar-refractivity contribution in [3.8, 4) is 17.6 Å². The first-order valence-corrected chi connectivity index (χ1v) is 5.99. The highest BCUT2D eigenvalue weighted by Crippen LogP contribution is 2.15. The Balaban J connectivity index is 2.30. The monoisotopic (exact) mass is 286 g/mol. The first-order chi connectivity index (χ1) is 8.29. The standard InChI is InChI=1S/C15H11BrO/c1-17-14-7-4-5-12(11-14)9-10-13-6-2-3-8-15(13)16/h2-8,11H,1H3. The number of ether oxygens (including phenoxy) is 1. The average Bonchev–Trinajstić information content (AvgIpc) is 2.38. The molecule has 2 aromatic rings. The molecule has 0 fully saturated rings. The van der Waals surface area contributed by atoms with Gasteiger partial charge < -0.3 is 4.74 Å². The van der Waals surface area contributed by atoms with Gasteiger partial charge in [0.05, 0.1) is 7.11 Å². The molecule has 0 saturated heterocycles. The van der Waals surface area contributed by atoms with Crippen LogP contribution < -0.4 is 4.74 Å². The normalized spacial score (nSPS) is 9.29. The van der Waals surface area contributed by atoms with E-state index in [4.69, 9.17) is 4.74 Å². The van der Waals surface area contributed by atoms with E-state index in [0.29, 0.717) is 0 Å². The Morgan fingerprint density at radius 3 is 2.59 bits per heavy atom. The molecule has 0 aliphatic carbocycles. The molecule has 0 heterocycles. The molecule has 0 saturated carbocycles. The Morgan fingerprint density at radius 2 is 1.82 bits per heavy atom. The lowest BCUT2D eigenvalue weighted by Crippen LogP contribution is -1.83. The molecule has 2 heteroatoms. The van der Waals surface area contributed by atoms with Crippen LogP contribution in [0.2, 0.25) is 0 Å². The van der Waals surface area contributed by atoms with Crippen LogP contribution in [0.4, 0.5) is 0 Å². The molecule has 2 aromatic carbocycles. The summed E-state index contributed by atoms with van der Waals surface area (Å²) in [5, 5.41) is 0. The van der Waals surface area contributed by atoms with E-state index in [1.165, 1.54) is 0 Å². The highest BCUT2D eigenvalue weighted by atomic mass is 79.9. The lowest BCUT2D eigenvalue weighted by Gasteiger charge is -1.98. The van der Waals surface area contributed by atoms with Crippen molar-refractivity contribution < 1.29 is 4.74 Å². The predicted molar refractivity (Wildman–Crippen MR) is 73.1 cm³/mol. The van der Waals surface area contributed by atoms with Gasteiger partial charge in [-0.15, -0.1) is 0 Å². The zero-order valence-electron chi connectivity index (χ0n) is 9.41. The van der Waals surface area contributed by atoms with Gasteiger partial charge in [0.15, 0.2) is 0 Å². The third kappa shape index (κ3) is 3.12. The third-order valence-corrected chi connectivity index (χ3v) is 2.98. The number of hydrogen-bond acceptors (Lipinski definition) is 1.